The molecule has 0 bridgehead atoms. The average Bonchev–Trinajstić information content (AvgIpc) is 2.45. The summed E-state index contributed by atoms with van der Waals surface area (Å²) < 4.78 is 0. The maximum absolute atomic E-state index is 5.60. The molecule has 0 saturated carbocycles. The van der Waals surface area contributed by atoms with Crippen LogP contribution in [0.5, 0.6) is 0 Å². The number of nitrogens with two attached hydrogens (primary N) is 1. The summed E-state index contributed by atoms with van der Waals surface area (Å²) in [6.45, 7) is 6.07. The largest absolute Gasteiger partial charge is 0.271 e. The summed E-state index contributed by atoms with van der Waals surface area (Å²) in [5.74, 6) is 5.60. The third kappa shape index (κ3) is 3.65. The van der Waals surface area contributed by atoms with Crippen molar-refractivity contribution in [1.29, 1.82) is 0 Å². The van der Waals surface area contributed by atoms with E-state index in [9.17, 15) is 0 Å². The molecule has 0 saturated heterocycles. The molecule has 1 heterocycles. The molecule has 2 aromatic rings. The van der Waals surface area contributed by atoms with E-state index >= 15 is 0 Å². The van der Waals surface area contributed by atoms with Crippen LogP contribution in [0.1, 0.15) is 36.6 Å². The minimum atomic E-state index is 0.0172. The van der Waals surface area contributed by atoms with Crippen LogP contribution in [0.4, 0.5) is 0 Å². The zero-order valence-electron chi connectivity index (χ0n) is 11.2. The summed E-state index contributed by atoms with van der Waals surface area (Å²) in [7, 11) is 0. The topological polar surface area (TPSA) is 50.9 Å². The van der Waals surface area contributed by atoms with E-state index in [1.165, 1.54) is 5.56 Å². The molecule has 3 nitrogen and oxygen atoms in total. The van der Waals surface area contributed by atoms with Crippen LogP contribution in [0.25, 0.3) is 0 Å². The normalized spacial score (nSPS) is 11.3. The van der Waals surface area contributed by atoms with Crippen LogP contribution in [-0.4, -0.2) is 4.98 Å². The molecule has 3 heteroatoms. The first-order valence-electron chi connectivity index (χ1n) is 6.24. The maximum atomic E-state index is 5.60. The highest BCUT2D eigenvalue weighted by Crippen LogP contribution is 2.20. The molecule has 0 aliphatic rings. The van der Waals surface area contributed by atoms with Gasteiger partial charge < -0.3 is 0 Å². The van der Waals surface area contributed by atoms with E-state index in [1.807, 2.05) is 26.0 Å². The first-order valence-corrected chi connectivity index (χ1v) is 6.24. The quantitative estimate of drug-likeness (QED) is 0.643. The van der Waals surface area contributed by atoms with E-state index in [1.54, 1.807) is 12.4 Å². The van der Waals surface area contributed by atoms with Gasteiger partial charge in [-0.15, -0.1) is 0 Å². The first-order chi connectivity index (χ1) is 8.81. The van der Waals surface area contributed by atoms with E-state index in [4.69, 9.17) is 5.84 Å². The second-order valence-corrected chi connectivity index (χ2v) is 3.79. The summed E-state index contributed by atoms with van der Waals surface area (Å²) in [5.41, 5.74) is 6.34. The van der Waals surface area contributed by atoms with Gasteiger partial charge in [0.05, 0.1) is 6.04 Å². The van der Waals surface area contributed by atoms with Gasteiger partial charge >= 0.3 is 0 Å². The Balaban J connectivity index is 0.000000771. The van der Waals surface area contributed by atoms with Crippen molar-refractivity contribution in [1.82, 2.24) is 10.4 Å². The molecule has 0 radical (unpaired) electrons. The Morgan fingerprint density at radius 1 is 0.944 bits per heavy atom. The van der Waals surface area contributed by atoms with Crippen molar-refractivity contribution >= 4 is 0 Å². The highest BCUT2D eigenvalue weighted by Gasteiger charge is 2.11. The summed E-state index contributed by atoms with van der Waals surface area (Å²) in [6, 6.07) is 12.3. The smallest absolute Gasteiger partial charge is 0.0711 e. The fourth-order valence-electron chi connectivity index (χ4n) is 1.70. The van der Waals surface area contributed by atoms with Crippen LogP contribution < -0.4 is 11.3 Å². The number of pyridine rings is 1. The lowest BCUT2D eigenvalue weighted by atomic mass is 9.99. The molecule has 1 aromatic heterocycles. The van der Waals surface area contributed by atoms with E-state index in [-0.39, 0.29) is 6.04 Å². The molecular formula is C15H21N3. The third-order valence-electron chi connectivity index (χ3n) is 2.62. The fourth-order valence-corrected chi connectivity index (χ4v) is 1.70. The number of nitrogens with zero attached hydrogens (tertiary/aromatic N) is 1. The Hall–Kier alpha value is -1.71. The van der Waals surface area contributed by atoms with Gasteiger partial charge in [0.2, 0.25) is 0 Å². The standard InChI is InChI=1S/C13H15N3.C2H6/c1-10-2-4-11(5-3-10)13(16-14)12-6-8-15-9-7-12;1-2/h2-9,13,16H,14H2,1H3;1-2H3. The van der Waals surface area contributed by atoms with Crippen molar-refractivity contribution in [3.05, 3.63) is 65.5 Å². The zero-order valence-corrected chi connectivity index (χ0v) is 11.2. The fraction of sp³-hybridized carbons (Fsp3) is 0.267. The Morgan fingerprint density at radius 3 is 1.94 bits per heavy atom. The highest BCUT2D eigenvalue weighted by molar-refractivity contribution is 5.32. The Morgan fingerprint density at radius 2 is 1.44 bits per heavy atom. The van der Waals surface area contributed by atoms with Crippen LogP contribution in [0, 0.1) is 6.92 Å². The van der Waals surface area contributed by atoms with Crippen molar-refractivity contribution in [3.63, 3.8) is 0 Å². The van der Waals surface area contributed by atoms with Crippen LogP contribution >= 0.6 is 0 Å². The highest BCUT2D eigenvalue weighted by atomic mass is 15.2. The summed E-state index contributed by atoms with van der Waals surface area (Å²) in [6.07, 6.45) is 3.54. The van der Waals surface area contributed by atoms with Crippen LogP contribution in [-0.2, 0) is 0 Å². The van der Waals surface area contributed by atoms with Crippen LogP contribution in [0.2, 0.25) is 0 Å². The van der Waals surface area contributed by atoms with Gasteiger partial charge in [-0.05, 0) is 30.2 Å². The van der Waals surface area contributed by atoms with Gasteiger partial charge in [-0.1, -0.05) is 43.7 Å². The second-order valence-electron chi connectivity index (χ2n) is 3.79. The Kier molecular flexibility index (Phi) is 6.05. The molecule has 1 unspecified atom stereocenters. The lowest BCUT2D eigenvalue weighted by molar-refractivity contribution is 0.636. The van der Waals surface area contributed by atoms with E-state index in [0.717, 1.165) is 11.1 Å². The van der Waals surface area contributed by atoms with E-state index in [2.05, 4.69) is 41.6 Å². The second kappa shape index (κ2) is 7.58. The number of aromatic nitrogens is 1. The van der Waals surface area contributed by atoms with Crippen LogP contribution in [0.3, 0.4) is 0 Å². The van der Waals surface area contributed by atoms with Crippen molar-refractivity contribution in [2.75, 3.05) is 0 Å². The molecule has 0 aliphatic heterocycles. The van der Waals surface area contributed by atoms with Gasteiger partial charge in [-0.2, -0.15) is 0 Å². The van der Waals surface area contributed by atoms with Gasteiger partial charge in [0.1, 0.15) is 0 Å². The molecule has 1 aromatic carbocycles. The first kappa shape index (κ1) is 14.4. The Bertz CT molecular complexity index is 437. The maximum Gasteiger partial charge on any atom is 0.0711 e. The predicted molar refractivity (Wildman–Crippen MR) is 75.9 cm³/mol. The van der Waals surface area contributed by atoms with Crippen LogP contribution in [0.15, 0.2) is 48.8 Å². The van der Waals surface area contributed by atoms with Crippen molar-refractivity contribution in [2.45, 2.75) is 26.8 Å². The van der Waals surface area contributed by atoms with Gasteiger partial charge in [-0.25, -0.2) is 5.43 Å². The van der Waals surface area contributed by atoms with Gasteiger partial charge in [0, 0.05) is 12.4 Å². The molecule has 18 heavy (non-hydrogen) atoms. The third-order valence-corrected chi connectivity index (χ3v) is 2.62. The van der Waals surface area contributed by atoms with Gasteiger partial charge in [0.15, 0.2) is 0 Å². The number of hydrogen-bond acceptors (Lipinski definition) is 3. The van der Waals surface area contributed by atoms with Gasteiger partial charge in [-0.3, -0.25) is 10.8 Å². The van der Waals surface area contributed by atoms with Gasteiger partial charge in [0.25, 0.3) is 0 Å². The monoisotopic (exact) mass is 243 g/mol. The summed E-state index contributed by atoms with van der Waals surface area (Å²) in [5, 5.41) is 0. The molecular weight excluding hydrogens is 222 g/mol. The molecule has 0 fully saturated rings. The minimum Gasteiger partial charge on any atom is -0.271 e. The number of hydrazine groups is 1. The van der Waals surface area contributed by atoms with E-state index in [0.29, 0.717) is 0 Å². The SMILES string of the molecule is CC.Cc1ccc(C(NN)c2ccncc2)cc1. The lowest BCUT2D eigenvalue weighted by Crippen LogP contribution is -2.28. The lowest BCUT2D eigenvalue weighted by Gasteiger charge is -2.16. The molecule has 0 aliphatic carbocycles. The minimum absolute atomic E-state index is 0.0172. The number of nitrogens with one attached hydrogen (secondary N) is 1. The van der Waals surface area contributed by atoms with Crippen molar-refractivity contribution in [2.24, 2.45) is 5.84 Å². The summed E-state index contributed by atoms with van der Waals surface area (Å²) in [4.78, 5) is 4.00. The van der Waals surface area contributed by atoms with E-state index < -0.39 is 0 Å². The number of hydrogen-bond donors (Lipinski definition) is 2. The van der Waals surface area contributed by atoms with Crippen molar-refractivity contribution < 1.29 is 0 Å². The molecule has 2 rings (SSSR count). The molecule has 3 N–H and O–H groups in total. The average molecular weight is 243 g/mol. The predicted octanol–water partition coefficient (Wildman–Crippen LogP) is 2.97. The Labute approximate surface area is 109 Å². The number of rotatable bonds is 3. The number of benzene rings is 1. The number of aryl methyl sites for hydroxylation is 1. The molecule has 0 amide bonds. The summed E-state index contributed by atoms with van der Waals surface area (Å²) >= 11 is 0. The zero-order chi connectivity index (χ0) is 13.4. The molecule has 0 spiro atoms. The molecule has 96 valence electrons. The molecule has 1 atom stereocenters. The van der Waals surface area contributed by atoms with Crippen molar-refractivity contribution in [3.8, 4) is 0 Å².